The largest absolute Gasteiger partial charge is 0.395 e. The first-order valence-electron chi connectivity index (χ1n) is 6.83. The van der Waals surface area contributed by atoms with E-state index >= 15 is 0 Å². The first-order chi connectivity index (χ1) is 9.04. The van der Waals surface area contributed by atoms with Crippen molar-refractivity contribution in [1.82, 2.24) is 20.0 Å². The van der Waals surface area contributed by atoms with Gasteiger partial charge in [0.25, 0.3) is 5.91 Å². The maximum absolute atomic E-state index is 12.4. The van der Waals surface area contributed by atoms with Crippen molar-refractivity contribution in [2.75, 3.05) is 32.9 Å². The van der Waals surface area contributed by atoms with Crippen LogP contribution in [0.3, 0.4) is 0 Å². The molecule has 1 amide bonds. The van der Waals surface area contributed by atoms with Gasteiger partial charge < -0.3 is 15.5 Å². The standard InChI is InChI=1S/C13H23N5O/c1-4-10-11(14)12(16-15-10)13(19)18(3)9-6-5-7-17(2)8-9/h9H,4-8,14H2,1-3H3,(H,15,16). The fourth-order valence-corrected chi connectivity index (χ4v) is 2.61. The molecular weight excluding hydrogens is 242 g/mol. The quantitative estimate of drug-likeness (QED) is 0.844. The Kier molecular flexibility index (Phi) is 4.09. The summed E-state index contributed by atoms with van der Waals surface area (Å²) >= 11 is 0. The van der Waals surface area contributed by atoms with Gasteiger partial charge in [0.05, 0.1) is 11.4 Å². The number of aromatic amines is 1. The molecule has 1 atom stereocenters. The summed E-state index contributed by atoms with van der Waals surface area (Å²) in [5.74, 6) is -0.0891. The van der Waals surface area contributed by atoms with Gasteiger partial charge in [-0.2, -0.15) is 5.10 Å². The van der Waals surface area contributed by atoms with Gasteiger partial charge in [0.2, 0.25) is 0 Å². The number of anilines is 1. The van der Waals surface area contributed by atoms with Crippen LogP contribution in [0.2, 0.25) is 0 Å². The third kappa shape index (κ3) is 2.73. The van der Waals surface area contributed by atoms with E-state index < -0.39 is 0 Å². The molecule has 1 aliphatic heterocycles. The fraction of sp³-hybridized carbons (Fsp3) is 0.692. The van der Waals surface area contributed by atoms with Crippen LogP contribution >= 0.6 is 0 Å². The molecule has 1 unspecified atom stereocenters. The number of aryl methyl sites for hydroxylation is 1. The number of rotatable bonds is 3. The molecule has 0 radical (unpaired) electrons. The summed E-state index contributed by atoms with van der Waals surface area (Å²) in [7, 11) is 3.93. The van der Waals surface area contributed by atoms with Crippen molar-refractivity contribution in [2.24, 2.45) is 0 Å². The van der Waals surface area contributed by atoms with E-state index in [1.807, 2.05) is 14.0 Å². The molecule has 1 aromatic rings. The zero-order valence-corrected chi connectivity index (χ0v) is 11.9. The number of carbonyl (C=O) groups is 1. The lowest BCUT2D eigenvalue weighted by Crippen LogP contribution is -2.47. The van der Waals surface area contributed by atoms with E-state index in [4.69, 9.17) is 5.73 Å². The Labute approximate surface area is 113 Å². The Morgan fingerprint density at radius 3 is 2.95 bits per heavy atom. The second kappa shape index (κ2) is 5.61. The second-order valence-corrected chi connectivity index (χ2v) is 5.29. The van der Waals surface area contributed by atoms with Crippen LogP contribution in [0.4, 0.5) is 5.69 Å². The van der Waals surface area contributed by atoms with Gasteiger partial charge in [0.15, 0.2) is 5.69 Å². The SMILES string of the molecule is CCc1[nH]nc(C(=O)N(C)C2CCCN(C)C2)c1N. The van der Waals surface area contributed by atoms with Gasteiger partial charge in [0, 0.05) is 19.6 Å². The van der Waals surface area contributed by atoms with Crippen molar-refractivity contribution in [3.8, 4) is 0 Å². The van der Waals surface area contributed by atoms with E-state index in [2.05, 4.69) is 22.1 Å². The average Bonchev–Trinajstić information content (AvgIpc) is 2.78. The highest BCUT2D eigenvalue weighted by Gasteiger charge is 2.28. The van der Waals surface area contributed by atoms with E-state index in [-0.39, 0.29) is 11.9 Å². The fourth-order valence-electron chi connectivity index (χ4n) is 2.61. The number of H-pyrrole nitrogens is 1. The molecule has 0 bridgehead atoms. The Morgan fingerprint density at radius 2 is 2.37 bits per heavy atom. The van der Waals surface area contributed by atoms with Crippen LogP contribution in [-0.2, 0) is 6.42 Å². The summed E-state index contributed by atoms with van der Waals surface area (Å²) in [6.07, 6.45) is 2.91. The summed E-state index contributed by atoms with van der Waals surface area (Å²) < 4.78 is 0. The summed E-state index contributed by atoms with van der Waals surface area (Å²) in [4.78, 5) is 16.5. The number of likely N-dealkylation sites (N-methyl/N-ethyl adjacent to an activating group) is 2. The van der Waals surface area contributed by atoms with E-state index in [0.717, 1.165) is 38.0 Å². The van der Waals surface area contributed by atoms with Crippen molar-refractivity contribution in [3.63, 3.8) is 0 Å². The van der Waals surface area contributed by atoms with Crippen LogP contribution in [0.1, 0.15) is 35.9 Å². The number of nitrogens with two attached hydrogens (primary N) is 1. The molecule has 1 fully saturated rings. The number of hydrogen-bond donors (Lipinski definition) is 2. The number of carbonyl (C=O) groups excluding carboxylic acids is 1. The first kappa shape index (κ1) is 13.9. The first-order valence-corrected chi connectivity index (χ1v) is 6.83. The number of aromatic nitrogens is 2. The van der Waals surface area contributed by atoms with Gasteiger partial charge in [-0.1, -0.05) is 6.92 Å². The van der Waals surface area contributed by atoms with Gasteiger partial charge in [0.1, 0.15) is 0 Å². The zero-order chi connectivity index (χ0) is 14.0. The molecule has 1 saturated heterocycles. The predicted octanol–water partition coefficient (Wildman–Crippen LogP) is 0.721. The van der Waals surface area contributed by atoms with Crippen molar-refractivity contribution in [1.29, 1.82) is 0 Å². The molecule has 19 heavy (non-hydrogen) atoms. The zero-order valence-electron chi connectivity index (χ0n) is 11.9. The second-order valence-electron chi connectivity index (χ2n) is 5.29. The summed E-state index contributed by atoms with van der Waals surface area (Å²) in [6, 6.07) is 0.243. The third-order valence-electron chi connectivity index (χ3n) is 3.91. The van der Waals surface area contributed by atoms with Crippen molar-refractivity contribution < 1.29 is 4.79 Å². The lowest BCUT2D eigenvalue weighted by molar-refractivity contribution is 0.0639. The molecule has 1 aliphatic rings. The summed E-state index contributed by atoms with van der Waals surface area (Å²) in [5, 5.41) is 6.90. The van der Waals surface area contributed by atoms with Crippen LogP contribution in [0, 0.1) is 0 Å². The van der Waals surface area contributed by atoms with E-state index in [1.165, 1.54) is 0 Å². The molecule has 6 nitrogen and oxygen atoms in total. The molecule has 1 aromatic heterocycles. The predicted molar refractivity (Wildman–Crippen MR) is 75.0 cm³/mol. The number of nitrogen functional groups attached to an aromatic ring is 1. The minimum atomic E-state index is -0.0891. The topological polar surface area (TPSA) is 78.2 Å². The molecular formula is C13H23N5O. The molecule has 2 rings (SSSR count). The average molecular weight is 265 g/mol. The van der Waals surface area contributed by atoms with Crippen LogP contribution in [0.25, 0.3) is 0 Å². The molecule has 0 saturated carbocycles. The summed E-state index contributed by atoms with van der Waals surface area (Å²) in [5.41, 5.74) is 7.63. The van der Waals surface area contributed by atoms with Gasteiger partial charge >= 0.3 is 0 Å². The number of amides is 1. The van der Waals surface area contributed by atoms with Crippen LogP contribution in [0.5, 0.6) is 0 Å². The molecule has 6 heteroatoms. The molecule has 0 aliphatic carbocycles. The molecule has 106 valence electrons. The van der Waals surface area contributed by atoms with Gasteiger partial charge in [-0.15, -0.1) is 0 Å². The maximum Gasteiger partial charge on any atom is 0.276 e. The van der Waals surface area contributed by atoms with Crippen molar-refractivity contribution >= 4 is 11.6 Å². The molecule has 0 spiro atoms. The smallest absolute Gasteiger partial charge is 0.276 e. The highest BCUT2D eigenvalue weighted by Crippen LogP contribution is 2.20. The van der Waals surface area contributed by atoms with Crippen LogP contribution < -0.4 is 5.73 Å². The number of nitrogens with zero attached hydrogens (tertiary/aromatic N) is 3. The van der Waals surface area contributed by atoms with E-state index in [9.17, 15) is 4.79 Å². The van der Waals surface area contributed by atoms with Crippen molar-refractivity contribution in [2.45, 2.75) is 32.2 Å². The van der Waals surface area contributed by atoms with Gasteiger partial charge in [-0.25, -0.2) is 0 Å². The third-order valence-corrected chi connectivity index (χ3v) is 3.91. The monoisotopic (exact) mass is 265 g/mol. The Bertz CT molecular complexity index is 456. The number of piperidine rings is 1. The molecule has 0 aromatic carbocycles. The highest BCUT2D eigenvalue weighted by molar-refractivity contribution is 5.97. The maximum atomic E-state index is 12.4. The minimum absolute atomic E-state index is 0.0891. The Hall–Kier alpha value is -1.56. The molecule has 3 N–H and O–H groups in total. The highest BCUT2D eigenvalue weighted by atomic mass is 16.2. The number of likely N-dealkylation sites (tertiary alicyclic amines) is 1. The van der Waals surface area contributed by atoms with Gasteiger partial charge in [-0.05, 0) is 32.9 Å². The van der Waals surface area contributed by atoms with Gasteiger partial charge in [-0.3, -0.25) is 9.89 Å². The normalized spacial score (nSPS) is 20.5. The Morgan fingerprint density at radius 1 is 1.63 bits per heavy atom. The molecule has 2 heterocycles. The van der Waals surface area contributed by atoms with E-state index in [1.54, 1.807) is 4.90 Å². The lowest BCUT2D eigenvalue weighted by atomic mass is 10.0. The van der Waals surface area contributed by atoms with Crippen LogP contribution in [0.15, 0.2) is 0 Å². The van der Waals surface area contributed by atoms with Crippen LogP contribution in [-0.4, -0.2) is 59.1 Å². The minimum Gasteiger partial charge on any atom is -0.395 e. The van der Waals surface area contributed by atoms with E-state index in [0.29, 0.717) is 11.4 Å². The summed E-state index contributed by atoms with van der Waals surface area (Å²) in [6.45, 7) is 3.99. The van der Waals surface area contributed by atoms with Crippen molar-refractivity contribution in [3.05, 3.63) is 11.4 Å². The number of hydrogen-bond acceptors (Lipinski definition) is 4. The Balaban J connectivity index is 2.11. The lowest BCUT2D eigenvalue weighted by Gasteiger charge is -2.35. The number of nitrogens with one attached hydrogen (secondary N) is 1.